The first kappa shape index (κ1) is 24.4. The van der Waals surface area contributed by atoms with Gasteiger partial charge in [0.2, 0.25) is 0 Å². The molecular weight excluding hydrogens is 516 g/mol. The molecule has 2 fully saturated rings. The van der Waals surface area contributed by atoms with Crippen LogP contribution in [0.15, 0.2) is 73.3 Å². The number of alkyl halides is 2. The molecule has 1 amide bonds. The van der Waals surface area contributed by atoms with Crippen molar-refractivity contribution in [1.82, 2.24) is 29.4 Å². The van der Waals surface area contributed by atoms with Crippen LogP contribution >= 0.6 is 0 Å². The number of benzene rings is 2. The minimum absolute atomic E-state index is 0.257. The second-order valence-electron chi connectivity index (χ2n) is 10.3. The number of amides is 1. The largest absolute Gasteiger partial charge is 0.381 e. The molecule has 3 aromatic heterocycles. The Bertz CT molecular complexity index is 1690. The summed E-state index contributed by atoms with van der Waals surface area (Å²) in [5.41, 5.74) is 4.86. The van der Waals surface area contributed by atoms with Crippen LogP contribution in [0.3, 0.4) is 0 Å². The van der Waals surface area contributed by atoms with Crippen LogP contribution in [0.25, 0.3) is 33.5 Å². The van der Waals surface area contributed by atoms with Crippen LogP contribution in [0, 0.1) is 5.92 Å². The zero-order valence-corrected chi connectivity index (χ0v) is 21.3. The summed E-state index contributed by atoms with van der Waals surface area (Å²) in [7, 11) is 0. The molecule has 5 aromatic rings. The van der Waals surface area contributed by atoms with Gasteiger partial charge in [0.15, 0.2) is 5.82 Å². The Morgan fingerprint density at radius 1 is 1.07 bits per heavy atom. The molecule has 0 bridgehead atoms. The summed E-state index contributed by atoms with van der Waals surface area (Å²) in [5, 5.41) is 4.17. The van der Waals surface area contributed by atoms with E-state index in [1.807, 2.05) is 47.0 Å². The van der Waals surface area contributed by atoms with Gasteiger partial charge >= 0.3 is 0 Å². The number of aromatic nitrogens is 5. The van der Waals surface area contributed by atoms with Crippen LogP contribution in [0.5, 0.6) is 0 Å². The normalized spacial score (nSPS) is 16.5. The summed E-state index contributed by atoms with van der Waals surface area (Å²) in [6.45, 7) is 0.674. The van der Waals surface area contributed by atoms with E-state index in [4.69, 9.17) is 9.72 Å². The monoisotopic (exact) mass is 541 g/mol. The van der Waals surface area contributed by atoms with Crippen molar-refractivity contribution in [3.63, 3.8) is 0 Å². The lowest BCUT2D eigenvalue weighted by Crippen LogP contribution is -2.58. The molecule has 9 nitrogen and oxygen atoms in total. The van der Waals surface area contributed by atoms with E-state index < -0.39 is 19.0 Å². The standard InChI is InChI=1S/C29H25F2N7O2/c30-29(31)15-37(16-29)28(39)25-9-20-1-2-21(10-24(20)38(25)12-18-13-40-14-18)27-33-8-7-26(36-27)35-22-5-3-19(4-6-22)23-11-32-17-34-23/h1-11,17-18H,12-16H2,(H,32,34)(H,33,35,36). The number of imidazole rings is 1. The lowest BCUT2D eigenvalue weighted by molar-refractivity contribution is -0.113. The van der Waals surface area contributed by atoms with E-state index in [2.05, 4.69) is 20.3 Å². The van der Waals surface area contributed by atoms with E-state index in [0.29, 0.717) is 37.1 Å². The average molecular weight is 542 g/mol. The predicted octanol–water partition coefficient (Wildman–Crippen LogP) is 4.97. The molecule has 0 aliphatic carbocycles. The van der Waals surface area contributed by atoms with E-state index in [9.17, 15) is 13.6 Å². The topological polar surface area (TPSA) is 101 Å². The van der Waals surface area contributed by atoms with Gasteiger partial charge in [-0.3, -0.25) is 4.79 Å². The predicted molar refractivity (Wildman–Crippen MR) is 145 cm³/mol. The fraction of sp³-hybridized carbons (Fsp3) is 0.241. The lowest BCUT2D eigenvalue weighted by Gasteiger charge is -2.39. The van der Waals surface area contributed by atoms with E-state index in [1.54, 1.807) is 30.9 Å². The highest BCUT2D eigenvalue weighted by Crippen LogP contribution is 2.32. The molecule has 5 heterocycles. The number of hydrogen-bond donors (Lipinski definition) is 2. The number of aromatic amines is 1. The Kier molecular flexibility index (Phi) is 5.81. The molecule has 202 valence electrons. The quantitative estimate of drug-likeness (QED) is 0.302. The Balaban J connectivity index is 1.17. The number of likely N-dealkylation sites (tertiary alicyclic amines) is 1. The number of halogens is 2. The highest BCUT2D eigenvalue weighted by Gasteiger charge is 2.47. The van der Waals surface area contributed by atoms with Gasteiger partial charge in [0.25, 0.3) is 11.8 Å². The van der Waals surface area contributed by atoms with Crippen molar-refractivity contribution in [1.29, 1.82) is 0 Å². The van der Waals surface area contributed by atoms with Gasteiger partial charge in [-0.05, 0) is 35.9 Å². The SMILES string of the molecule is O=C(c1cc2ccc(-c3nccc(Nc4ccc(-c5cnc[nH]5)cc4)n3)cc2n1CC1COC1)N1CC(F)(F)C1. The maximum atomic E-state index is 13.5. The first-order valence-corrected chi connectivity index (χ1v) is 13.0. The lowest BCUT2D eigenvalue weighted by atomic mass is 10.1. The van der Waals surface area contributed by atoms with Gasteiger partial charge in [-0.15, -0.1) is 0 Å². The molecule has 11 heteroatoms. The fourth-order valence-electron chi connectivity index (χ4n) is 5.10. The van der Waals surface area contributed by atoms with Gasteiger partial charge in [0, 0.05) is 40.8 Å². The number of rotatable bonds is 7. The van der Waals surface area contributed by atoms with E-state index in [-0.39, 0.29) is 11.8 Å². The summed E-state index contributed by atoms with van der Waals surface area (Å²) >= 11 is 0. The second-order valence-corrected chi connectivity index (χ2v) is 10.3. The first-order valence-electron chi connectivity index (χ1n) is 13.0. The van der Waals surface area contributed by atoms with Gasteiger partial charge in [-0.2, -0.15) is 0 Å². The number of H-pyrrole nitrogens is 1. The molecule has 0 atom stereocenters. The number of hydrogen-bond acceptors (Lipinski definition) is 6. The summed E-state index contributed by atoms with van der Waals surface area (Å²) in [5.74, 6) is -1.79. The molecule has 0 spiro atoms. The maximum absolute atomic E-state index is 13.5. The molecule has 2 N–H and O–H groups in total. The molecule has 2 aliphatic rings. The number of carbonyl (C=O) groups excluding carboxylic acids is 1. The van der Waals surface area contributed by atoms with Gasteiger partial charge in [0.05, 0.1) is 44.5 Å². The van der Waals surface area contributed by atoms with Crippen LogP contribution in [-0.4, -0.2) is 67.5 Å². The smallest absolute Gasteiger partial charge is 0.282 e. The Hall–Kier alpha value is -4.64. The number of anilines is 2. The molecular formula is C29H25F2N7O2. The van der Waals surface area contributed by atoms with E-state index in [0.717, 1.165) is 33.4 Å². The van der Waals surface area contributed by atoms with Crippen molar-refractivity contribution in [2.75, 3.05) is 31.6 Å². The molecule has 0 unspecified atom stereocenters. The van der Waals surface area contributed by atoms with Crippen molar-refractivity contribution in [2.24, 2.45) is 5.92 Å². The van der Waals surface area contributed by atoms with Crippen LogP contribution in [0.1, 0.15) is 10.5 Å². The minimum atomic E-state index is -2.82. The number of carbonyl (C=O) groups is 1. The second kappa shape index (κ2) is 9.53. The number of fused-ring (bicyclic) bond motifs is 1. The third-order valence-electron chi connectivity index (χ3n) is 7.28. The Morgan fingerprint density at radius 2 is 1.88 bits per heavy atom. The number of nitrogens with one attached hydrogen (secondary N) is 2. The molecule has 7 rings (SSSR count). The zero-order chi connectivity index (χ0) is 27.3. The molecule has 2 aliphatic heterocycles. The molecule has 0 saturated carbocycles. The molecule has 2 aromatic carbocycles. The van der Waals surface area contributed by atoms with Gasteiger partial charge in [-0.1, -0.05) is 24.3 Å². The van der Waals surface area contributed by atoms with Crippen molar-refractivity contribution >= 4 is 28.3 Å². The van der Waals surface area contributed by atoms with Crippen LogP contribution in [-0.2, 0) is 11.3 Å². The maximum Gasteiger partial charge on any atom is 0.282 e. The summed E-state index contributed by atoms with van der Waals surface area (Å²) < 4.78 is 34.2. The Labute approximate surface area is 227 Å². The van der Waals surface area contributed by atoms with Crippen molar-refractivity contribution in [2.45, 2.75) is 12.5 Å². The number of ether oxygens (including phenoxy) is 1. The first-order chi connectivity index (χ1) is 19.4. The van der Waals surface area contributed by atoms with Crippen molar-refractivity contribution in [3.05, 3.63) is 79.0 Å². The highest BCUT2D eigenvalue weighted by atomic mass is 19.3. The van der Waals surface area contributed by atoms with Gasteiger partial charge in [0.1, 0.15) is 11.5 Å². The third-order valence-corrected chi connectivity index (χ3v) is 7.28. The minimum Gasteiger partial charge on any atom is -0.381 e. The highest BCUT2D eigenvalue weighted by molar-refractivity contribution is 6.00. The van der Waals surface area contributed by atoms with Gasteiger partial charge in [-0.25, -0.2) is 23.7 Å². The molecule has 2 saturated heterocycles. The Morgan fingerprint density at radius 3 is 2.58 bits per heavy atom. The molecule has 0 radical (unpaired) electrons. The van der Waals surface area contributed by atoms with Gasteiger partial charge < -0.3 is 24.5 Å². The average Bonchev–Trinajstić information content (AvgIpc) is 3.58. The molecule has 40 heavy (non-hydrogen) atoms. The van der Waals surface area contributed by atoms with Crippen molar-refractivity contribution < 1.29 is 18.3 Å². The number of nitrogens with zero attached hydrogens (tertiary/aromatic N) is 5. The van der Waals surface area contributed by atoms with E-state index >= 15 is 0 Å². The van der Waals surface area contributed by atoms with Crippen molar-refractivity contribution in [3.8, 4) is 22.6 Å². The fourth-order valence-corrected chi connectivity index (χ4v) is 5.10. The van der Waals surface area contributed by atoms with E-state index in [1.165, 1.54) is 4.90 Å². The van der Waals surface area contributed by atoms with Crippen LogP contribution in [0.2, 0.25) is 0 Å². The summed E-state index contributed by atoms with van der Waals surface area (Å²) in [6.07, 6.45) is 5.11. The summed E-state index contributed by atoms with van der Waals surface area (Å²) in [4.78, 5) is 30.7. The zero-order valence-electron chi connectivity index (χ0n) is 21.3. The van der Waals surface area contributed by atoms with Crippen LogP contribution < -0.4 is 5.32 Å². The summed E-state index contributed by atoms with van der Waals surface area (Å²) in [6, 6.07) is 17.3. The third kappa shape index (κ3) is 4.58. The van der Waals surface area contributed by atoms with Crippen LogP contribution in [0.4, 0.5) is 20.3 Å².